The van der Waals surface area contributed by atoms with Crippen molar-refractivity contribution in [1.82, 2.24) is 15.3 Å². The summed E-state index contributed by atoms with van der Waals surface area (Å²) in [5, 5.41) is 4.55. The normalized spacial score (nSPS) is 10.7. The number of nitrogens with zero attached hydrogens (tertiary/aromatic N) is 2. The largest absolute Gasteiger partial charge is 0.481 e. The Bertz CT molecular complexity index is 743. The minimum Gasteiger partial charge on any atom is -0.481 e. The number of para-hydroxylation sites is 1. The predicted octanol–water partition coefficient (Wildman–Crippen LogP) is 2.93. The van der Waals surface area contributed by atoms with Crippen molar-refractivity contribution in [2.45, 2.75) is 13.1 Å². The van der Waals surface area contributed by atoms with Crippen molar-refractivity contribution in [3.05, 3.63) is 66.0 Å². The molecule has 4 nitrogen and oxygen atoms in total. The molecule has 0 bridgehead atoms. The first-order chi connectivity index (χ1) is 10.3. The van der Waals surface area contributed by atoms with Gasteiger partial charge in [0.25, 0.3) is 0 Å². The number of hydrogen-bond donors (Lipinski definition) is 1. The predicted molar refractivity (Wildman–Crippen MR) is 83.1 cm³/mol. The summed E-state index contributed by atoms with van der Waals surface area (Å²) >= 11 is 0. The van der Waals surface area contributed by atoms with E-state index in [9.17, 15) is 0 Å². The number of rotatable bonds is 5. The van der Waals surface area contributed by atoms with Crippen molar-refractivity contribution in [3.8, 4) is 5.88 Å². The zero-order chi connectivity index (χ0) is 14.5. The summed E-state index contributed by atoms with van der Waals surface area (Å²) in [6.45, 7) is 1.49. The van der Waals surface area contributed by atoms with Gasteiger partial charge in [0.1, 0.15) is 0 Å². The third kappa shape index (κ3) is 3.35. The third-order valence-corrected chi connectivity index (χ3v) is 3.30. The number of ether oxygens (including phenoxy) is 1. The van der Waals surface area contributed by atoms with Crippen molar-refractivity contribution in [1.29, 1.82) is 0 Å². The van der Waals surface area contributed by atoms with Crippen LogP contribution >= 0.6 is 0 Å². The second-order valence-corrected chi connectivity index (χ2v) is 4.81. The fourth-order valence-electron chi connectivity index (χ4n) is 2.21. The van der Waals surface area contributed by atoms with Crippen molar-refractivity contribution in [2.75, 3.05) is 7.11 Å². The molecular formula is C17H17N3O. The summed E-state index contributed by atoms with van der Waals surface area (Å²) in [6, 6.07) is 16.2. The van der Waals surface area contributed by atoms with E-state index in [1.807, 2.05) is 30.3 Å². The number of fused-ring (bicyclic) bond motifs is 1. The minimum absolute atomic E-state index is 0.637. The Labute approximate surface area is 123 Å². The first-order valence-electron chi connectivity index (χ1n) is 6.89. The fourth-order valence-corrected chi connectivity index (χ4v) is 2.21. The average molecular weight is 279 g/mol. The van der Waals surface area contributed by atoms with Gasteiger partial charge >= 0.3 is 0 Å². The van der Waals surface area contributed by atoms with Crippen molar-refractivity contribution >= 4 is 10.9 Å². The smallest absolute Gasteiger partial charge is 0.213 e. The van der Waals surface area contributed by atoms with Crippen LogP contribution < -0.4 is 10.1 Å². The van der Waals surface area contributed by atoms with Crippen LogP contribution in [-0.2, 0) is 13.1 Å². The molecule has 0 amide bonds. The molecule has 0 saturated heterocycles. The Hall–Kier alpha value is -2.46. The second-order valence-electron chi connectivity index (χ2n) is 4.81. The molecule has 106 valence electrons. The molecule has 1 aromatic carbocycles. The second kappa shape index (κ2) is 6.33. The van der Waals surface area contributed by atoms with Crippen LogP contribution in [0.15, 0.2) is 54.7 Å². The highest BCUT2D eigenvalue weighted by atomic mass is 16.5. The summed E-state index contributed by atoms with van der Waals surface area (Å²) in [7, 11) is 1.62. The molecule has 0 aliphatic heterocycles. The number of methoxy groups -OCH3 is 1. The zero-order valence-electron chi connectivity index (χ0n) is 11.9. The van der Waals surface area contributed by atoms with Gasteiger partial charge in [-0.15, -0.1) is 0 Å². The van der Waals surface area contributed by atoms with E-state index < -0.39 is 0 Å². The lowest BCUT2D eigenvalue weighted by atomic mass is 10.2. The summed E-state index contributed by atoms with van der Waals surface area (Å²) in [5.74, 6) is 0.637. The first-order valence-corrected chi connectivity index (χ1v) is 6.89. The molecule has 4 heteroatoms. The molecule has 0 aliphatic carbocycles. The van der Waals surface area contributed by atoms with Crippen LogP contribution in [0.25, 0.3) is 10.9 Å². The quantitative estimate of drug-likeness (QED) is 0.780. The van der Waals surface area contributed by atoms with Crippen LogP contribution in [-0.4, -0.2) is 17.1 Å². The van der Waals surface area contributed by atoms with Gasteiger partial charge in [-0.1, -0.05) is 24.3 Å². The summed E-state index contributed by atoms with van der Waals surface area (Å²) in [5.41, 5.74) is 3.21. The molecule has 0 saturated carbocycles. The zero-order valence-corrected chi connectivity index (χ0v) is 11.9. The Kier molecular flexibility index (Phi) is 4.07. The Morgan fingerprint density at radius 3 is 2.86 bits per heavy atom. The van der Waals surface area contributed by atoms with Gasteiger partial charge in [-0.2, -0.15) is 0 Å². The van der Waals surface area contributed by atoms with E-state index in [0.717, 1.165) is 29.9 Å². The molecular weight excluding hydrogens is 262 g/mol. The molecule has 0 aliphatic rings. The van der Waals surface area contributed by atoms with Crippen LogP contribution in [0, 0.1) is 0 Å². The molecule has 0 radical (unpaired) electrons. The van der Waals surface area contributed by atoms with E-state index in [1.165, 1.54) is 5.39 Å². The van der Waals surface area contributed by atoms with E-state index in [0.29, 0.717) is 5.88 Å². The summed E-state index contributed by atoms with van der Waals surface area (Å²) < 4.78 is 5.12. The van der Waals surface area contributed by atoms with Gasteiger partial charge in [0.2, 0.25) is 5.88 Å². The Morgan fingerprint density at radius 1 is 1.05 bits per heavy atom. The summed E-state index contributed by atoms with van der Waals surface area (Å²) in [4.78, 5) is 8.74. The van der Waals surface area contributed by atoms with E-state index in [4.69, 9.17) is 4.74 Å². The minimum atomic E-state index is 0.637. The highest BCUT2D eigenvalue weighted by Gasteiger charge is 2.00. The lowest BCUT2D eigenvalue weighted by molar-refractivity contribution is 0.397. The molecule has 0 atom stereocenters. The van der Waals surface area contributed by atoms with E-state index in [-0.39, 0.29) is 0 Å². The Morgan fingerprint density at radius 2 is 1.95 bits per heavy atom. The summed E-state index contributed by atoms with van der Waals surface area (Å²) in [6.07, 6.45) is 1.75. The monoisotopic (exact) mass is 279 g/mol. The van der Waals surface area contributed by atoms with Crippen LogP contribution in [0.5, 0.6) is 5.88 Å². The highest BCUT2D eigenvalue weighted by Crippen LogP contribution is 2.12. The van der Waals surface area contributed by atoms with E-state index in [2.05, 4.69) is 33.5 Å². The van der Waals surface area contributed by atoms with Crippen LogP contribution in [0.4, 0.5) is 0 Å². The van der Waals surface area contributed by atoms with Crippen molar-refractivity contribution in [3.63, 3.8) is 0 Å². The maximum absolute atomic E-state index is 5.12. The lowest BCUT2D eigenvalue weighted by Crippen LogP contribution is -2.13. The number of benzene rings is 1. The standard InChI is InChI=1S/C17H17N3O/c1-21-17-10-13(8-9-19-17)11-18-12-15-7-6-14-4-2-3-5-16(14)20-15/h2-10,18H,11-12H2,1H3. The molecule has 3 aromatic rings. The lowest BCUT2D eigenvalue weighted by Gasteiger charge is -2.06. The highest BCUT2D eigenvalue weighted by molar-refractivity contribution is 5.78. The van der Waals surface area contributed by atoms with Gasteiger partial charge < -0.3 is 10.1 Å². The van der Waals surface area contributed by atoms with E-state index >= 15 is 0 Å². The number of pyridine rings is 2. The van der Waals surface area contributed by atoms with Gasteiger partial charge in [-0.3, -0.25) is 4.98 Å². The van der Waals surface area contributed by atoms with Gasteiger partial charge in [-0.05, 0) is 23.8 Å². The van der Waals surface area contributed by atoms with Crippen LogP contribution in [0.3, 0.4) is 0 Å². The maximum Gasteiger partial charge on any atom is 0.213 e. The fraction of sp³-hybridized carbons (Fsp3) is 0.176. The van der Waals surface area contributed by atoms with Gasteiger partial charge in [0.05, 0.1) is 18.3 Å². The van der Waals surface area contributed by atoms with Crippen molar-refractivity contribution in [2.24, 2.45) is 0 Å². The average Bonchev–Trinajstić information content (AvgIpc) is 2.55. The number of aromatic nitrogens is 2. The van der Waals surface area contributed by atoms with Crippen molar-refractivity contribution < 1.29 is 4.74 Å². The first kappa shape index (κ1) is 13.5. The van der Waals surface area contributed by atoms with Gasteiger partial charge in [-0.25, -0.2) is 4.98 Å². The van der Waals surface area contributed by atoms with E-state index in [1.54, 1.807) is 13.3 Å². The molecule has 1 N–H and O–H groups in total. The molecule has 0 spiro atoms. The van der Waals surface area contributed by atoms with Gasteiger partial charge in [0.15, 0.2) is 0 Å². The SMILES string of the molecule is COc1cc(CNCc2ccc3ccccc3n2)ccn1. The molecule has 0 fully saturated rings. The molecule has 2 heterocycles. The maximum atomic E-state index is 5.12. The molecule has 2 aromatic heterocycles. The number of nitrogens with one attached hydrogen (secondary N) is 1. The molecule has 0 unspecified atom stereocenters. The molecule has 21 heavy (non-hydrogen) atoms. The van der Waals surface area contributed by atoms with Crippen LogP contribution in [0.2, 0.25) is 0 Å². The third-order valence-electron chi connectivity index (χ3n) is 3.30. The van der Waals surface area contributed by atoms with Crippen LogP contribution in [0.1, 0.15) is 11.3 Å². The number of hydrogen-bond acceptors (Lipinski definition) is 4. The van der Waals surface area contributed by atoms with Gasteiger partial charge in [0, 0.05) is 30.7 Å². The molecule has 3 rings (SSSR count). The Balaban J connectivity index is 1.63. The topological polar surface area (TPSA) is 47.0 Å².